The van der Waals surface area contributed by atoms with Gasteiger partial charge in [-0.2, -0.15) is 0 Å². The molecule has 31 nitrogen and oxygen atoms in total. The Morgan fingerprint density at radius 2 is 1.24 bits per heavy atom. The molecule has 1 unspecified atom stereocenters. The second kappa shape index (κ2) is 32.0. The Kier molecular flexibility index (Phi) is 26.0. The number of guanidine groups is 2. The number of aliphatic imine (C=N–C) groups is 2. The molecular weight excluding hydrogens is 1090 g/mol. The molecule has 2 aliphatic heterocycles. The van der Waals surface area contributed by atoms with Crippen LogP contribution in [0.2, 0.25) is 0 Å². The Balaban J connectivity index is 1.44. The highest BCUT2D eigenvalue weighted by Gasteiger charge is 2.72. The van der Waals surface area contributed by atoms with Gasteiger partial charge in [0.25, 0.3) is 0 Å². The van der Waals surface area contributed by atoms with Crippen molar-refractivity contribution < 1.29 is 81.8 Å². The number of primary amides is 1. The summed E-state index contributed by atoms with van der Waals surface area (Å²) in [5.74, 6) is -9.70. The van der Waals surface area contributed by atoms with Crippen LogP contribution in [0, 0.1) is 11.8 Å². The van der Waals surface area contributed by atoms with E-state index in [4.69, 9.17) is 57.5 Å². The largest absolute Gasteiger partial charge is 0.497 e. The van der Waals surface area contributed by atoms with Crippen LogP contribution in [0.4, 0.5) is 4.79 Å². The number of carboxylic acid groups (broad SMARTS) is 2. The molecule has 1 saturated carbocycles. The molecule has 0 aromatic heterocycles. The van der Waals surface area contributed by atoms with Crippen LogP contribution in [0.3, 0.4) is 0 Å². The van der Waals surface area contributed by atoms with Gasteiger partial charge in [-0.25, -0.2) is 4.79 Å². The molecule has 83 heavy (non-hydrogen) atoms. The van der Waals surface area contributed by atoms with Crippen molar-refractivity contribution in [3.8, 4) is 5.75 Å². The molecule has 3 aliphatic rings. The number of epoxide rings is 2. The summed E-state index contributed by atoms with van der Waals surface area (Å²) in [5.41, 5.74) is 26.6. The van der Waals surface area contributed by atoms with Crippen molar-refractivity contribution in [1.29, 1.82) is 0 Å². The standard InChI is InChI=1S/C52H82N14O17/c1-27(2)10-16-36-51(3,83-36)42-41(80-5)35(18-19-52(42)26-81-52)82-50(78)61-25-38(68)62-31(8-6-20-58-48(54)55)44(74)60-24-37(67)63-34(23-40(71)72)47(77)66-33(22-28-11-13-29(79-4)14-12-28)46(76)65-32(9-7-21-59-49(56)57)45(75)64-30(43(53)73)15-17-39(69)70/h11-14,27,30-36,41-42H,6-10,15-26H2,1-5H3,(H2,53,73)(H,60,74)(H,61,78)(H,62,68)(H,63,67)(H,64,75)(H,65,76)(H,66,77)(H,69,70)(H,71,72)(H4,54,55,58)(H4,56,57,59)/t30-,31-,32-,33-,34-,35?,36+,41+,42+,51+,52-/m0/s1. The Labute approximate surface area is 479 Å². The number of carboxylic acids is 2. The van der Waals surface area contributed by atoms with E-state index in [-0.39, 0.29) is 75.6 Å². The Hall–Kier alpha value is -8.06. The minimum atomic E-state index is -1.88. The monoisotopic (exact) mass is 1170 g/mol. The maximum absolute atomic E-state index is 14.2. The van der Waals surface area contributed by atoms with Crippen LogP contribution in [0.15, 0.2) is 34.3 Å². The number of nitrogens with zero attached hydrogens (tertiary/aromatic N) is 2. The third kappa shape index (κ3) is 22.0. The first kappa shape index (κ1) is 67.4. The van der Waals surface area contributed by atoms with Gasteiger partial charge in [-0.1, -0.05) is 26.0 Å². The zero-order valence-corrected chi connectivity index (χ0v) is 47.4. The van der Waals surface area contributed by atoms with Gasteiger partial charge in [-0.05, 0) is 88.3 Å². The van der Waals surface area contributed by atoms with Crippen molar-refractivity contribution in [2.24, 2.45) is 50.5 Å². The van der Waals surface area contributed by atoms with E-state index < -0.39 is 139 Å². The third-order valence-electron chi connectivity index (χ3n) is 14.3. The van der Waals surface area contributed by atoms with Crippen LogP contribution in [-0.4, -0.2) is 188 Å². The average molecular weight is 1180 g/mol. The van der Waals surface area contributed by atoms with Crippen molar-refractivity contribution in [1.82, 2.24) is 37.2 Å². The number of methoxy groups -OCH3 is 2. The summed E-state index contributed by atoms with van der Waals surface area (Å²) in [6, 6.07) is -1.54. The van der Waals surface area contributed by atoms with Crippen molar-refractivity contribution in [2.45, 2.75) is 158 Å². The Morgan fingerprint density at radius 1 is 0.699 bits per heavy atom. The predicted octanol–water partition coefficient (Wildman–Crippen LogP) is -3.41. The number of alkyl carbamates (subject to hydrolysis) is 1. The van der Waals surface area contributed by atoms with E-state index in [1.54, 1.807) is 24.3 Å². The summed E-state index contributed by atoms with van der Waals surface area (Å²) in [5, 5.41) is 35.8. The van der Waals surface area contributed by atoms with E-state index in [2.05, 4.69) is 61.0 Å². The number of hydrogen-bond acceptors (Lipinski definition) is 17. The Morgan fingerprint density at radius 3 is 1.77 bits per heavy atom. The molecule has 0 radical (unpaired) electrons. The van der Waals surface area contributed by atoms with Crippen LogP contribution in [-0.2, 0) is 68.5 Å². The van der Waals surface area contributed by atoms with Gasteiger partial charge in [0.2, 0.25) is 41.4 Å². The first-order valence-electron chi connectivity index (χ1n) is 27.2. The summed E-state index contributed by atoms with van der Waals surface area (Å²) in [4.78, 5) is 139. The molecule has 31 heteroatoms. The average Bonchev–Trinajstić information content (AvgIpc) is 2.01. The molecule has 19 N–H and O–H groups in total. The number of carbonyl (C=O) groups excluding carboxylic acids is 8. The highest BCUT2D eigenvalue weighted by atomic mass is 16.6. The van der Waals surface area contributed by atoms with Gasteiger partial charge < -0.3 is 99.8 Å². The number of benzene rings is 1. The summed E-state index contributed by atoms with van der Waals surface area (Å²) in [6.07, 6.45) is -1.67. The lowest BCUT2D eigenvalue weighted by Gasteiger charge is -2.42. The quantitative estimate of drug-likeness (QED) is 0.0135. The topological polar surface area (TPSA) is 503 Å². The highest BCUT2D eigenvalue weighted by Crippen LogP contribution is 2.59. The van der Waals surface area contributed by atoms with E-state index in [0.717, 1.165) is 12.8 Å². The number of ether oxygens (including phenoxy) is 5. The van der Waals surface area contributed by atoms with E-state index in [0.29, 0.717) is 36.7 Å². The molecule has 1 spiro atoms. The highest BCUT2D eigenvalue weighted by molar-refractivity contribution is 5.97. The fourth-order valence-electron chi connectivity index (χ4n) is 9.89. The molecule has 3 fully saturated rings. The van der Waals surface area contributed by atoms with Gasteiger partial charge in [0.05, 0.1) is 38.7 Å². The lowest BCUT2D eigenvalue weighted by molar-refractivity contribution is -0.141. The molecule has 1 aromatic carbocycles. The van der Waals surface area contributed by atoms with Crippen molar-refractivity contribution in [2.75, 3.05) is 47.0 Å². The molecule has 0 bridgehead atoms. The van der Waals surface area contributed by atoms with Gasteiger partial charge in [-0.15, -0.1) is 0 Å². The molecule has 4 rings (SSSR count). The Bertz CT molecular complexity index is 2510. The van der Waals surface area contributed by atoms with E-state index in [1.807, 2.05) is 6.92 Å². The number of rotatable bonds is 36. The molecule has 2 saturated heterocycles. The number of amides is 8. The zero-order chi connectivity index (χ0) is 61.6. The van der Waals surface area contributed by atoms with Crippen LogP contribution >= 0.6 is 0 Å². The van der Waals surface area contributed by atoms with E-state index in [9.17, 15) is 53.1 Å². The molecular formula is C52H82N14O17. The van der Waals surface area contributed by atoms with Crippen LogP contribution in [0.1, 0.15) is 97.0 Å². The maximum Gasteiger partial charge on any atom is 0.407 e. The van der Waals surface area contributed by atoms with Crippen LogP contribution in [0.25, 0.3) is 0 Å². The molecule has 2 heterocycles. The molecule has 11 atom stereocenters. The summed E-state index contributed by atoms with van der Waals surface area (Å²) >= 11 is 0. The third-order valence-corrected chi connectivity index (χ3v) is 14.3. The molecule has 1 aromatic rings. The minimum Gasteiger partial charge on any atom is -0.497 e. The molecule has 462 valence electrons. The predicted molar refractivity (Wildman–Crippen MR) is 295 cm³/mol. The van der Waals surface area contributed by atoms with Crippen LogP contribution < -0.4 is 70.6 Å². The van der Waals surface area contributed by atoms with E-state index in [1.165, 1.54) is 14.2 Å². The lowest BCUT2D eigenvalue weighted by atomic mass is 9.68. The van der Waals surface area contributed by atoms with Crippen molar-refractivity contribution >= 4 is 71.3 Å². The first-order valence-corrected chi connectivity index (χ1v) is 27.2. The number of nitrogens with one attached hydrogen (secondary N) is 7. The van der Waals surface area contributed by atoms with Gasteiger partial charge in [0.1, 0.15) is 65.9 Å². The first-order chi connectivity index (χ1) is 39.2. The zero-order valence-electron chi connectivity index (χ0n) is 47.4. The summed E-state index contributed by atoms with van der Waals surface area (Å²) < 4.78 is 29.2. The fourth-order valence-corrected chi connectivity index (χ4v) is 9.89. The molecule has 8 amide bonds. The van der Waals surface area contributed by atoms with E-state index >= 15 is 0 Å². The summed E-state index contributed by atoms with van der Waals surface area (Å²) in [6.45, 7) is 5.34. The second-order valence-corrected chi connectivity index (χ2v) is 21.2. The fraction of sp³-hybridized carbons (Fsp3) is 0.654. The van der Waals surface area contributed by atoms with Crippen molar-refractivity contribution in [3.63, 3.8) is 0 Å². The molecule has 1 aliphatic carbocycles. The number of hydrogen-bond donors (Lipinski definition) is 14. The number of aliphatic carboxylic acids is 2. The summed E-state index contributed by atoms with van der Waals surface area (Å²) in [7, 11) is 2.95. The second-order valence-electron chi connectivity index (χ2n) is 21.2. The lowest BCUT2D eigenvalue weighted by Crippen LogP contribution is -2.59. The smallest absolute Gasteiger partial charge is 0.407 e. The van der Waals surface area contributed by atoms with Gasteiger partial charge >= 0.3 is 18.0 Å². The van der Waals surface area contributed by atoms with Gasteiger partial charge in [-0.3, -0.25) is 53.1 Å². The normalized spacial score (nSPS) is 22.1. The van der Waals surface area contributed by atoms with Crippen molar-refractivity contribution in [3.05, 3.63) is 29.8 Å². The minimum absolute atomic E-state index is 0.0123. The van der Waals surface area contributed by atoms with Gasteiger partial charge in [0, 0.05) is 33.0 Å². The number of nitrogens with two attached hydrogens (primary N) is 5. The van der Waals surface area contributed by atoms with Crippen LogP contribution in [0.5, 0.6) is 5.75 Å². The maximum atomic E-state index is 14.2. The van der Waals surface area contributed by atoms with Gasteiger partial charge in [0.15, 0.2) is 11.9 Å². The number of carbonyl (C=O) groups is 10. The SMILES string of the molecule is COc1ccc(C[C@H](NC(=O)[C@H](CC(=O)O)NC(=O)CNC(=O)[C@H](CCCN=C(N)N)NC(=O)CNC(=O)OC2CC[C@]3(CO3)[C@@H]([C@]3(C)O[C@@H]3CCC(C)C)[C@@H]2OC)C(=O)N[C@@H](CCCN=C(N)N)C(=O)N[C@@H](CCC(=O)O)C(N)=O)cc1.